The van der Waals surface area contributed by atoms with Crippen molar-refractivity contribution in [2.24, 2.45) is 0 Å². The van der Waals surface area contributed by atoms with Gasteiger partial charge in [0.25, 0.3) is 5.91 Å². The highest BCUT2D eigenvalue weighted by Gasteiger charge is 2.18. The van der Waals surface area contributed by atoms with Gasteiger partial charge in [0.05, 0.1) is 19.9 Å². The van der Waals surface area contributed by atoms with Gasteiger partial charge in [-0.05, 0) is 24.3 Å². The summed E-state index contributed by atoms with van der Waals surface area (Å²) in [5.41, 5.74) is 2.75. The van der Waals surface area contributed by atoms with E-state index in [-0.39, 0.29) is 5.91 Å². The van der Waals surface area contributed by atoms with E-state index < -0.39 is 0 Å². The van der Waals surface area contributed by atoms with E-state index in [9.17, 15) is 4.79 Å². The Labute approximate surface area is 167 Å². The summed E-state index contributed by atoms with van der Waals surface area (Å²) in [6, 6.07) is 12.8. The highest BCUT2D eigenvalue weighted by atomic mass is 32.1. The van der Waals surface area contributed by atoms with Crippen LogP contribution in [0.5, 0.6) is 11.5 Å². The number of thiazole rings is 1. The maximum atomic E-state index is 12.8. The number of nitrogens with one attached hydrogen (secondary N) is 2. The van der Waals surface area contributed by atoms with Gasteiger partial charge in [0.15, 0.2) is 5.13 Å². The molecule has 7 heteroatoms. The zero-order valence-corrected chi connectivity index (χ0v) is 16.5. The summed E-state index contributed by atoms with van der Waals surface area (Å²) < 4.78 is 10.6. The van der Waals surface area contributed by atoms with Gasteiger partial charge in [-0.15, -0.1) is 17.9 Å². The van der Waals surface area contributed by atoms with Crippen molar-refractivity contribution in [3.63, 3.8) is 0 Å². The molecule has 3 rings (SSSR count). The Balaban J connectivity index is 1.83. The number of amides is 1. The quantitative estimate of drug-likeness (QED) is 0.542. The number of nitrogens with zero attached hydrogens (tertiary/aromatic N) is 1. The normalized spacial score (nSPS) is 10.2. The highest BCUT2D eigenvalue weighted by molar-refractivity contribution is 7.14. The third-order valence-electron chi connectivity index (χ3n) is 3.97. The molecule has 1 heterocycles. The van der Waals surface area contributed by atoms with E-state index in [1.807, 2.05) is 29.6 Å². The van der Waals surface area contributed by atoms with Crippen molar-refractivity contribution in [2.45, 2.75) is 0 Å². The second-order valence-corrected chi connectivity index (χ2v) is 6.64. The lowest BCUT2D eigenvalue weighted by Gasteiger charge is -2.13. The van der Waals surface area contributed by atoms with E-state index >= 15 is 0 Å². The third-order valence-corrected chi connectivity index (χ3v) is 4.77. The number of rotatable bonds is 8. The van der Waals surface area contributed by atoms with Crippen molar-refractivity contribution in [2.75, 3.05) is 31.4 Å². The molecule has 0 aliphatic rings. The molecule has 28 heavy (non-hydrogen) atoms. The van der Waals surface area contributed by atoms with Crippen LogP contribution in [0, 0.1) is 0 Å². The average molecular weight is 395 g/mol. The predicted molar refractivity (Wildman–Crippen MR) is 114 cm³/mol. The summed E-state index contributed by atoms with van der Waals surface area (Å²) in [6.45, 7) is 4.34. The van der Waals surface area contributed by atoms with Crippen molar-refractivity contribution in [1.29, 1.82) is 0 Å². The Morgan fingerprint density at radius 3 is 2.57 bits per heavy atom. The van der Waals surface area contributed by atoms with Crippen LogP contribution in [0.2, 0.25) is 0 Å². The largest absolute Gasteiger partial charge is 0.496 e. The molecule has 2 aromatic carbocycles. The van der Waals surface area contributed by atoms with E-state index in [2.05, 4.69) is 22.2 Å². The van der Waals surface area contributed by atoms with Crippen LogP contribution in [-0.2, 0) is 0 Å². The molecule has 0 fully saturated rings. The Kier molecular flexibility index (Phi) is 6.29. The van der Waals surface area contributed by atoms with Crippen LogP contribution in [0.1, 0.15) is 10.4 Å². The van der Waals surface area contributed by atoms with Gasteiger partial charge in [-0.2, -0.15) is 0 Å². The van der Waals surface area contributed by atoms with Crippen LogP contribution >= 0.6 is 11.3 Å². The fourth-order valence-corrected chi connectivity index (χ4v) is 3.40. The zero-order chi connectivity index (χ0) is 19.9. The minimum absolute atomic E-state index is 0.307. The van der Waals surface area contributed by atoms with Crippen LogP contribution in [-0.4, -0.2) is 31.7 Å². The Bertz CT molecular complexity index is 962. The number of carbonyl (C=O) groups is 1. The monoisotopic (exact) mass is 395 g/mol. The Hall–Kier alpha value is -3.32. The van der Waals surface area contributed by atoms with Crippen LogP contribution in [0.3, 0.4) is 0 Å². The molecule has 0 aliphatic carbocycles. The molecule has 0 saturated heterocycles. The van der Waals surface area contributed by atoms with E-state index in [1.54, 1.807) is 24.3 Å². The first-order valence-corrected chi connectivity index (χ1v) is 9.47. The molecule has 0 spiro atoms. The van der Waals surface area contributed by atoms with E-state index in [0.29, 0.717) is 29.3 Å². The number of carbonyl (C=O) groups excluding carboxylic acids is 1. The Morgan fingerprint density at radius 1 is 1.18 bits per heavy atom. The molecule has 3 aromatic rings. The number of ether oxygens (including phenoxy) is 2. The molecule has 1 aromatic heterocycles. The van der Waals surface area contributed by atoms with E-state index in [1.165, 1.54) is 25.6 Å². The molecule has 1 amide bonds. The molecular weight excluding hydrogens is 374 g/mol. The smallest absolute Gasteiger partial charge is 0.263 e. The standard InChI is InChI=1S/C21H21N3O3S/c1-4-11-22-21-24-16(13-28-21)14-7-5-8-15(12-14)23-20(25)19-17(26-2)9-6-10-18(19)27-3/h4-10,12-13H,1,11H2,2-3H3,(H,22,24)(H,23,25). The van der Waals surface area contributed by atoms with Gasteiger partial charge in [-0.1, -0.05) is 24.3 Å². The first kappa shape index (κ1) is 19.4. The summed E-state index contributed by atoms with van der Waals surface area (Å²) >= 11 is 1.52. The van der Waals surface area contributed by atoms with Crippen LogP contribution in [0.25, 0.3) is 11.3 Å². The minimum Gasteiger partial charge on any atom is -0.496 e. The van der Waals surface area contributed by atoms with Gasteiger partial charge in [-0.3, -0.25) is 4.79 Å². The summed E-state index contributed by atoms with van der Waals surface area (Å²) in [5.74, 6) is 0.592. The first-order chi connectivity index (χ1) is 13.7. The van der Waals surface area contributed by atoms with Gasteiger partial charge >= 0.3 is 0 Å². The molecule has 0 unspecified atom stereocenters. The molecule has 6 nitrogen and oxygen atoms in total. The summed E-state index contributed by atoms with van der Waals surface area (Å²) in [4.78, 5) is 17.4. The lowest BCUT2D eigenvalue weighted by molar-refractivity contribution is 0.102. The zero-order valence-electron chi connectivity index (χ0n) is 15.7. The topological polar surface area (TPSA) is 72.5 Å². The van der Waals surface area contributed by atoms with E-state index in [0.717, 1.165) is 16.4 Å². The molecule has 0 bridgehead atoms. The number of benzene rings is 2. The summed E-state index contributed by atoms with van der Waals surface area (Å²) in [7, 11) is 3.04. The van der Waals surface area contributed by atoms with Crippen molar-refractivity contribution < 1.29 is 14.3 Å². The van der Waals surface area contributed by atoms with Gasteiger partial charge in [0.1, 0.15) is 17.1 Å². The van der Waals surface area contributed by atoms with Crippen molar-refractivity contribution in [1.82, 2.24) is 4.98 Å². The van der Waals surface area contributed by atoms with Gasteiger partial charge in [0.2, 0.25) is 0 Å². The molecule has 2 N–H and O–H groups in total. The molecule has 0 radical (unpaired) electrons. The highest BCUT2D eigenvalue weighted by Crippen LogP contribution is 2.30. The second kappa shape index (κ2) is 9.05. The third kappa shape index (κ3) is 4.32. The fourth-order valence-electron chi connectivity index (χ4n) is 2.67. The van der Waals surface area contributed by atoms with Crippen LogP contribution < -0.4 is 20.1 Å². The van der Waals surface area contributed by atoms with Crippen LogP contribution in [0.15, 0.2) is 60.5 Å². The lowest BCUT2D eigenvalue weighted by Crippen LogP contribution is -2.14. The first-order valence-electron chi connectivity index (χ1n) is 8.59. The molecule has 144 valence electrons. The minimum atomic E-state index is -0.307. The van der Waals surface area contributed by atoms with Gasteiger partial charge in [0, 0.05) is 23.2 Å². The second-order valence-electron chi connectivity index (χ2n) is 5.78. The maximum Gasteiger partial charge on any atom is 0.263 e. The van der Waals surface area contributed by atoms with Crippen molar-refractivity contribution in [3.05, 3.63) is 66.1 Å². The maximum absolute atomic E-state index is 12.8. The van der Waals surface area contributed by atoms with Crippen LogP contribution in [0.4, 0.5) is 10.8 Å². The number of methoxy groups -OCH3 is 2. The summed E-state index contributed by atoms with van der Waals surface area (Å²) in [6.07, 6.45) is 1.78. The van der Waals surface area contributed by atoms with Crippen molar-refractivity contribution >= 4 is 28.1 Å². The molecular formula is C21H21N3O3S. The molecule has 0 saturated carbocycles. The van der Waals surface area contributed by atoms with Crippen molar-refractivity contribution in [3.8, 4) is 22.8 Å². The van der Waals surface area contributed by atoms with Gasteiger partial charge < -0.3 is 20.1 Å². The lowest BCUT2D eigenvalue weighted by atomic mass is 10.1. The average Bonchev–Trinajstić information content (AvgIpc) is 3.20. The summed E-state index contributed by atoms with van der Waals surface area (Å²) in [5, 5.41) is 8.87. The number of aromatic nitrogens is 1. The molecule has 0 aliphatic heterocycles. The fraction of sp³-hybridized carbons (Fsp3) is 0.143. The number of anilines is 2. The SMILES string of the molecule is C=CCNc1nc(-c2cccc(NC(=O)c3c(OC)cccc3OC)c2)cs1. The van der Waals surface area contributed by atoms with Gasteiger partial charge in [-0.25, -0.2) is 4.98 Å². The molecule has 0 atom stereocenters. The Morgan fingerprint density at radius 2 is 1.89 bits per heavy atom. The number of hydrogen-bond acceptors (Lipinski definition) is 6. The van der Waals surface area contributed by atoms with E-state index in [4.69, 9.17) is 9.47 Å². The number of hydrogen-bond donors (Lipinski definition) is 2. The predicted octanol–water partition coefficient (Wildman–Crippen LogP) is 4.68.